The van der Waals surface area contributed by atoms with Crippen molar-refractivity contribution in [2.75, 3.05) is 0 Å². The number of halogens is 4. The van der Waals surface area contributed by atoms with E-state index >= 15 is 0 Å². The molecule has 26 heavy (non-hydrogen) atoms. The van der Waals surface area contributed by atoms with Crippen molar-refractivity contribution in [1.82, 2.24) is 5.32 Å². The largest absolute Gasteiger partial charge is 0.416 e. The average molecular weight is 473 g/mol. The van der Waals surface area contributed by atoms with Crippen LogP contribution in [0.2, 0.25) is 0 Å². The molecule has 0 radical (unpaired) electrons. The lowest BCUT2D eigenvalue weighted by Crippen LogP contribution is -2.41. The molecule has 0 aromatic heterocycles. The molecule has 2 aromatic rings. The van der Waals surface area contributed by atoms with E-state index < -0.39 is 11.7 Å². The van der Waals surface area contributed by atoms with Crippen molar-refractivity contribution >= 4 is 28.5 Å². The van der Waals surface area contributed by atoms with Gasteiger partial charge >= 0.3 is 6.18 Å². The Kier molecular flexibility index (Phi) is 5.89. The molecule has 0 bridgehead atoms. The SMILES string of the molecule is O=C(N[C@@H]1CCCC[C@@H]1c1ccccc1C(F)(F)F)c1ccccc1I. The third kappa shape index (κ3) is 4.22. The average Bonchev–Trinajstić information content (AvgIpc) is 2.62. The molecule has 1 amide bonds. The third-order valence-electron chi connectivity index (χ3n) is 4.87. The summed E-state index contributed by atoms with van der Waals surface area (Å²) in [6.45, 7) is 0. The van der Waals surface area contributed by atoms with Crippen LogP contribution in [0.5, 0.6) is 0 Å². The maximum absolute atomic E-state index is 13.4. The molecular weight excluding hydrogens is 454 g/mol. The Labute approximate surface area is 164 Å². The van der Waals surface area contributed by atoms with Gasteiger partial charge in [0.1, 0.15) is 0 Å². The van der Waals surface area contributed by atoms with Gasteiger partial charge in [-0.05, 0) is 59.2 Å². The topological polar surface area (TPSA) is 29.1 Å². The first kappa shape index (κ1) is 19.2. The lowest BCUT2D eigenvalue weighted by Gasteiger charge is -2.34. The molecule has 0 saturated heterocycles. The van der Waals surface area contributed by atoms with Crippen molar-refractivity contribution in [2.45, 2.75) is 43.8 Å². The highest BCUT2D eigenvalue weighted by Crippen LogP contribution is 2.40. The summed E-state index contributed by atoms with van der Waals surface area (Å²) < 4.78 is 41.1. The maximum Gasteiger partial charge on any atom is 0.416 e. The quantitative estimate of drug-likeness (QED) is 0.564. The number of amides is 1. The zero-order valence-electron chi connectivity index (χ0n) is 14.0. The second kappa shape index (κ2) is 7.98. The Hall–Kier alpha value is -1.57. The highest BCUT2D eigenvalue weighted by molar-refractivity contribution is 14.1. The van der Waals surface area contributed by atoms with Gasteiger partial charge in [-0.2, -0.15) is 13.2 Å². The number of hydrogen-bond acceptors (Lipinski definition) is 1. The Bertz CT molecular complexity index is 791. The molecule has 1 fully saturated rings. The summed E-state index contributed by atoms with van der Waals surface area (Å²) in [7, 11) is 0. The van der Waals surface area contributed by atoms with Crippen LogP contribution in [0.4, 0.5) is 13.2 Å². The molecule has 0 spiro atoms. The normalized spacial score (nSPS) is 20.6. The van der Waals surface area contributed by atoms with Gasteiger partial charge in [-0.3, -0.25) is 4.79 Å². The number of benzene rings is 2. The first-order valence-electron chi connectivity index (χ1n) is 8.59. The molecule has 0 unspecified atom stereocenters. The van der Waals surface area contributed by atoms with Crippen LogP contribution in [0, 0.1) is 3.57 Å². The first-order valence-corrected chi connectivity index (χ1v) is 9.67. The number of alkyl halides is 3. The third-order valence-corrected chi connectivity index (χ3v) is 5.81. The summed E-state index contributed by atoms with van der Waals surface area (Å²) in [5.74, 6) is -0.553. The van der Waals surface area contributed by atoms with Crippen LogP contribution in [0.15, 0.2) is 48.5 Å². The van der Waals surface area contributed by atoms with Gasteiger partial charge in [0.25, 0.3) is 5.91 Å². The van der Waals surface area contributed by atoms with Crippen molar-refractivity contribution in [3.8, 4) is 0 Å². The van der Waals surface area contributed by atoms with Gasteiger partial charge in [-0.25, -0.2) is 0 Å². The van der Waals surface area contributed by atoms with Crippen LogP contribution >= 0.6 is 22.6 Å². The number of hydrogen-bond donors (Lipinski definition) is 1. The molecule has 0 heterocycles. The predicted molar refractivity (Wildman–Crippen MR) is 103 cm³/mol. The van der Waals surface area contributed by atoms with E-state index in [0.29, 0.717) is 18.4 Å². The van der Waals surface area contributed by atoms with E-state index in [-0.39, 0.29) is 23.4 Å². The minimum atomic E-state index is -4.39. The Balaban J connectivity index is 1.88. The maximum atomic E-state index is 13.4. The van der Waals surface area contributed by atoms with Crippen LogP contribution in [0.25, 0.3) is 0 Å². The highest BCUT2D eigenvalue weighted by Gasteiger charge is 2.38. The van der Waals surface area contributed by atoms with Gasteiger partial charge in [-0.1, -0.05) is 43.2 Å². The van der Waals surface area contributed by atoms with Crippen molar-refractivity contribution in [1.29, 1.82) is 0 Å². The molecular formula is C20H19F3INO. The molecule has 2 aromatic carbocycles. The van der Waals surface area contributed by atoms with Crippen molar-refractivity contribution < 1.29 is 18.0 Å². The van der Waals surface area contributed by atoms with Crippen LogP contribution in [0.1, 0.15) is 53.1 Å². The van der Waals surface area contributed by atoms with E-state index in [1.54, 1.807) is 24.3 Å². The van der Waals surface area contributed by atoms with Crippen molar-refractivity contribution in [2.24, 2.45) is 0 Å². The molecule has 0 aliphatic heterocycles. The zero-order chi connectivity index (χ0) is 18.7. The summed E-state index contributed by atoms with van der Waals surface area (Å²) in [5.41, 5.74) is 0.245. The summed E-state index contributed by atoms with van der Waals surface area (Å²) >= 11 is 2.09. The number of nitrogens with one attached hydrogen (secondary N) is 1. The molecule has 1 aliphatic rings. The Morgan fingerprint density at radius 2 is 1.65 bits per heavy atom. The summed E-state index contributed by atoms with van der Waals surface area (Å²) in [6, 6.07) is 12.6. The lowest BCUT2D eigenvalue weighted by atomic mass is 9.78. The molecule has 1 N–H and O–H groups in total. The molecule has 1 aliphatic carbocycles. The van der Waals surface area contributed by atoms with Crippen LogP contribution in [-0.4, -0.2) is 11.9 Å². The minimum absolute atomic E-state index is 0.226. The summed E-state index contributed by atoms with van der Waals surface area (Å²) in [5, 5.41) is 2.99. The van der Waals surface area contributed by atoms with E-state index in [1.165, 1.54) is 6.07 Å². The number of carbonyl (C=O) groups is 1. The van der Waals surface area contributed by atoms with Gasteiger partial charge in [0.05, 0.1) is 11.1 Å². The van der Waals surface area contributed by atoms with E-state index in [0.717, 1.165) is 22.5 Å². The van der Waals surface area contributed by atoms with Crippen molar-refractivity contribution in [3.63, 3.8) is 0 Å². The summed E-state index contributed by atoms with van der Waals surface area (Å²) in [4.78, 5) is 12.7. The standard InChI is InChI=1S/C20H19F3INO/c21-20(22,23)16-10-4-1-7-13(16)14-8-3-6-12-18(14)25-19(26)15-9-2-5-11-17(15)24/h1-2,4-5,7,9-11,14,18H,3,6,8,12H2,(H,25,26)/t14-,18-/m1/s1. The Morgan fingerprint density at radius 3 is 2.38 bits per heavy atom. The van der Waals surface area contributed by atoms with Gasteiger partial charge in [0.15, 0.2) is 0 Å². The fraction of sp³-hybridized carbons (Fsp3) is 0.350. The van der Waals surface area contributed by atoms with Gasteiger partial charge in [0, 0.05) is 15.5 Å². The van der Waals surface area contributed by atoms with Gasteiger partial charge in [0.2, 0.25) is 0 Å². The molecule has 1 saturated carbocycles. The zero-order valence-corrected chi connectivity index (χ0v) is 16.2. The lowest BCUT2D eigenvalue weighted by molar-refractivity contribution is -0.138. The highest BCUT2D eigenvalue weighted by atomic mass is 127. The number of rotatable bonds is 3. The van der Waals surface area contributed by atoms with Crippen molar-refractivity contribution in [3.05, 3.63) is 68.8 Å². The van der Waals surface area contributed by atoms with E-state index in [1.807, 2.05) is 12.1 Å². The second-order valence-corrected chi connectivity index (χ2v) is 7.70. The second-order valence-electron chi connectivity index (χ2n) is 6.54. The Morgan fingerprint density at radius 1 is 1.00 bits per heavy atom. The minimum Gasteiger partial charge on any atom is -0.349 e. The fourth-order valence-corrected chi connectivity index (χ4v) is 4.28. The molecule has 6 heteroatoms. The molecule has 2 nitrogen and oxygen atoms in total. The van der Waals surface area contributed by atoms with E-state index in [4.69, 9.17) is 0 Å². The molecule has 138 valence electrons. The van der Waals surface area contributed by atoms with Crippen LogP contribution in [-0.2, 0) is 6.18 Å². The fourth-order valence-electron chi connectivity index (χ4n) is 3.65. The monoisotopic (exact) mass is 473 g/mol. The smallest absolute Gasteiger partial charge is 0.349 e. The van der Waals surface area contributed by atoms with Gasteiger partial charge < -0.3 is 5.32 Å². The van der Waals surface area contributed by atoms with Crippen LogP contribution in [0.3, 0.4) is 0 Å². The first-order chi connectivity index (χ1) is 12.4. The molecule has 3 rings (SSSR count). The van der Waals surface area contributed by atoms with Gasteiger partial charge in [-0.15, -0.1) is 0 Å². The summed E-state index contributed by atoms with van der Waals surface area (Å²) in [6.07, 6.45) is -1.29. The molecule has 2 atom stereocenters. The number of carbonyl (C=O) groups excluding carboxylic acids is 1. The van der Waals surface area contributed by atoms with E-state index in [9.17, 15) is 18.0 Å². The predicted octanol–water partition coefficient (Wildman–Crippen LogP) is 5.77. The van der Waals surface area contributed by atoms with E-state index in [2.05, 4.69) is 27.9 Å². The van der Waals surface area contributed by atoms with Crippen LogP contribution < -0.4 is 5.32 Å².